The summed E-state index contributed by atoms with van der Waals surface area (Å²) in [5, 5.41) is 8.14. The van der Waals surface area contributed by atoms with Gasteiger partial charge in [-0.2, -0.15) is 5.10 Å². The molecule has 0 atom stereocenters. The van der Waals surface area contributed by atoms with Crippen molar-refractivity contribution in [1.82, 2.24) is 9.78 Å². The average molecular weight is 250 g/mol. The SMILES string of the molecule is Cc1nn(C(C)C)c(NC2CCC(C)CC2)c1N. The van der Waals surface area contributed by atoms with Crippen LogP contribution in [0.2, 0.25) is 0 Å². The van der Waals surface area contributed by atoms with Gasteiger partial charge in [-0.3, -0.25) is 0 Å². The smallest absolute Gasteiger partial charge is 0.148 e. The number of anilines is 2. The molecular formula is C14H26N4. The lowest BCUT2D eigenvalue weighted by Crippen LogP contribution is -2.27. The number of nitrogens with two attached hydrogens (primary N) is 1. The summed E-state index contributed by atoms with van der Waals surface area (Å²) in [6.07, 6.45) is 5.10. The summed E-state index contributed by atoms with van der Waals surface area (Å²) >= 11 is 0. The van der Waals surface area contributed by atoms with E-state index in [-0.39, 0.29) is 0 Å². The molecule has 1 aliphatic rings. The Bertz CT molecular complexity index is 400. The number of hydrogen-bond acceptors (Lipinski definition) is 3. The minimum atomic E-state index is 0.339. The number of nitrogens with zero attached hydrogens (tertiary/aromatic N) is 2. The number of rotatable bonds is 3. The summed E-state index contributed by atoms with van der Waals surface area (Å²) in [6, 6.07) is 0.892. The average Bonchev–Trinajstić information content (AvgIpc) is 2.60. The molecule has 0 aromatic carbocycles. The third-order valence-electron chi connectivity index (χ3n) is 3.98. The van der Waals surface area contributed by atoms with E-state index in [0.29, 0.717) is 12.1 Å². The predicted molar refractivity (Wildman–Crippen MR) is 76.8 cm³/mol. The molecule has 0 saturated heterocycles. The maximum absolute atomic E-state index is 6.14. The van der Waals surface area contributed by atoms with Gasteiger partial charge < -0.3 is 11.1 Å². The highest BCUT2D eigenvalue weighted by Crippen LogP contribution is 2.30. The van der Waals surface area contributed by atoms with Crippen molar-refractivity contribution in [3.8, 4) is 0 Å². The van der Waals surface area contributed by atoms with Crippen molar-refractivity contribution < 1.29 is 0 Å². The second-order valence-electron chi connectivity index (χ2n) is 5.99. The maximum Gasteiger partial charge on any atom is 0.148 e. The van der Waals surface area contributed by atoms with Crippen LogP contribution < -0.4 is 11.1 Å². The summed E-state index contributed by atoms with van der Waals surface area (Å²) in [5.41, 5.74) is 7.87. The molecule has 0 aliphatic heterocycles. The highest BCUT2D eigenvalue weighted by Gasteiger charge is 2.22. The van der Waals surface area contributed by atoms with Gasteiger partial charge in [0.05, 0.1) is 11.4 Å². The molecule has 18 heavy (non-hydrogen) atoms. The van der Waals surface area contributed by atoms with Crippen LogP contribution in [0, 0.1) is 12.8 Å². The van der Waals surface area contributed by atoms with Crippen molar-refractivity contribution in [2.75, 3.05) is 11.1 Å². The Morgan fingerprint density at radius 1 is 1.28 bits per heavy atom. The molecule has 102 valence electrons. The fourth-order valence-corrected chi connectivity index (χ4v) is 2.68. The summed E-state index contributed by atoms with van der Waals surface area (Å²) < 4.78 is 2.02. The van der Waals surface area contributed by atoms with Gasteiger partial charge in [-0.05, 0) is 52.4 Å². The van der Waals surface area contributed by atoms with Crippen LogP contribution in [0.5, 0.6) is 0 Å². The number of hydrogen-bond donors (Lipinski definition) is 2. The lowest BCUT2D eigenvalue weighted by Gasteiger charge is -2.28. The Morgan fingerprint density at radius 2 is 1.89 bits per heavy atom. The number of aryl methyl sites for hydroxylation is 1. The van der Waals surface area contributed by atoms with E-state index in [2.05, 4.69) is 31.2 Å². The van der Waals surface area contributed by atoms with Crippen LogP contribution in [0.3, 0.4) is 0 Å². The van der Waals surface area contributed by atoms with Gasteiger partial charge in [-0.25, -0.2) is 4.68 Å². The second-order valence-corrected chi connectivity index (χ2v) is 5.99. The summed E-state index contributed by atoms with van der Waals surface area (Å²) in [7, 11) is 0. The molecule has 0 bridgehead atoms. The Morgan fingerprint density at radius 3 is 2.44 bits per heavy atom. The van der Waals surface area contributed by atoms with Crippen LogP contribution in [0.4, 0.5) is 11.5 Å². The molecule has 4 heteroatoms. The molecule has 2 rings (SSSR count). The first-order chi connectivity index (χ1) is 8.49. The predicted octanol–water partition coefficient (Wildman–Crippen LogP) is 3.35. The fourth-order valence-electron chi connectivity index (χ4n) is 2.68. The van der Waals surface area contributed by atoms with E-state index in [9.17, 15) is 0 Å². The first-order valence-corrected chi connectivity index (χ1v) is 7.10. The third kappa shape index (κ3) is 2.62. The van der Waals surface area contributed by atoms with E-state index in [0.717, 1.165) is 23.1 Å². The monoisotopic (exact) mass is 250 g/mol. The van der Waals surface area contributed by atoms with Crippen LogP contribution in [0.15, 0.2) is 0 Å². The van der Waals surface area contributed by atoms with Crippen LogP contribution in [0.1, 0.15) is 58.2 Å². The summed E-state index contributed by atoms with van der Waals surface area (Å²) in [5.74, 6) is 1.89. The Balaban J connectivity index is 2.13. The second kappa shape index (κ2) is 5.21. The molecule has 1 aliphatic carbocycles. The van der Waals surface area contributed by atoms with Crippen molar-refractivity contribution in [3.05, 3.63) is 5.69 Å². The van der Waals surface area contributed by atoms with E-state index < -0.39 is 0 Å². The van der Waals surface area contributed by atoms with Crippen LogP contribution in [-0.2, 0) is 0 Å². The molecular weight excluding hydrogens is 224 g/mol. The van der Waals surface area contributed by atoms with Gasteiger partial charge in [0.1, 0.15) is 5.82 Å². The van der Waals surface area contributed by atoms with Gasteiger partial charge in [0.2, 0.25) is 0 Å². The first kappa shape index (κ1) is 13.2. The van der Waals surface area contributed by atoms with Crippen molar-refractivity contribution in [2.24, 2.45) is 5.92 Å². The topological polar surface area (TPSA) is 55.9 Å². The zero-order valence-electron chi connectivity index (χ0n) is 12.0. The van der Waals surface area contributed by atoms with E-state index >= 15 is 0 Å². The van der Waals surface area contributed by atoms with E-state index in [1.54, 1.807) is 0 Å². The molecule has 3 N–H and O–H groups in total. The largest absolute Gasteiger partial charge is 0.394 e. The van der Waals surface area contributed by atoms with Crippen molar-refractivity contribution in [1.29, 1.82) is 0 Å². The van der Waals surface area contributed by atoms with Crippen LogP contribution >= 0.6 is 0 Å². The van der Waals surface area contributed by atoms with E-state index in [4.69, 9.17) is 5.73 Å². The standard InChI is InChI=1S/C14H26N4/c1-9(2)18-14(13(15)11(4)17-18)16-12-7-5-10(3)6-8-12/h9-10,12,16H,5-8,15H2,1-4H3. The Labute approximate surface area is 110 Å². The van der Waals surface area contributed by atoms with E-state index in [1.165, 1.54) is 25.7 Å². The minimum absolute atomic E-state index is 0.339. The molecule has 0 amide bonds. The number of nitrogen functional groups attached to an aromatic ring is 1. The quantitative estimate of drug-likeness (QED) is 0.865. The Hall–Kier alpha value is -1.19. The number of aromatic nitrogens is 2. The van der Waals surface area contributed by atoms with Crippen LogP contribution in [-0.4, -0.2) is 15.8 Å². The van der Waals surface area contributed by atoms with Crippen molar-refractivity contribution >= 4 is 11.5 Å². The van der Waals surface area contributed by atoms with Crippen molar-refractivity contribution in [3.63, 3.8) is 0 Å². The molecule has 0 spiro atoms. The minimum Gasteiger partial charge on any atom is -0.394 e. The first-order valence-electron chi connectivity index (χ1n) is 7.10. The highest BCUT2D eigenvalue weighted by molar-refractivity contribution is 5.65. The van der Waals surface area contributed by atoms with Gasteiger partial charge >= 0.3 is 0 Å². The van der Waals surface area contributed by atoms with Crippen molar-refractivity contribution in [2.45, 2.75) is 65.5 Å². The summed E-state index contributed by atoms with van der Waals surface area (Å²) in [4.78, 5) is 0. The highest BCUT2D eigenvalue weighted by atomic mass is 15.4. The molecule has 1 fully saturated rings. The lowest BCUT2D eigenvalue weighted by atomic mass is 9.87. The molecule has 1 aromatic heterocycles. The zero-order valence-corrected chi connectivity index (χ0v) is 12.0. The fraction of sp³-hybridized carbons (Fsp3) is 0.786. The molecule has 0 unspecified atom stereocenters. The zero-order chi connectivity index (χ0) is 13.3. The summed E-state index contributed by atoms with van der Waals surface area (Å²) in [6.45, 7) is 8.59. The normalized spacial score (nSPS) is 24.5. The van der Waals surface area contributed by atoms with Gasteiger partial charge in [0.15, 0.2) is 0 Å². The van der Waals surface area contributed by atoms with E-state index in [1.807, 2.05) is 11.6 Å². The third-order valence-corrected chi connectivity index (χ3v) is 3.98. The molecule has 1 heterocycles. The van der Waals surface area contributed by atoms with Gasteiger partial charge in [-0.15, -0.1) is 0 Å². The number of nitrogens with one attached hydrogen (secondary N) is 1. The van der Waals surface area contributed by atoms with Gasteiger partial charge in [-0.1, -0.05) is 6.92 Å². The maximum atomic E-state index is 6.14. The molecule has 4 nitrogen and oxygen atoms in total. The molecule has 0 radical (unpaired) electrons. The van der Waals surface area contributed by atoms with Gasteiger partial charge in [0, 0.05) is 12.1 Å². The Kier molecular flexibility index (Phi) is 3.83. The molecule has 1 aromatic rings. The lowest BCUT2D eigenvalue weighted by molar-refractivity contribution is 0.359. The van der Waals surface area contributed by atoms with Crippen LogP contribution in [0.25, 0.3) is 0 Å². The molecule has 1 saturated carbocycles. The van der Waals surface area contributed by atoms with Gasteiger partial charge in [0.25, 0.3) is 0 Å².